The maximum Gasteiger partial charge on any atom is 0.416 e. The summed E-state index contributed by atoms with van der Waals surface area (Å²) in [7, 11) is 0. The normalized spacial score (nSPS) is 14.3. The van der Waals surface area contributed by atoms with Crippen molar-refractivity contribution in [3.05, 3.63) is 65.0 Å². The van der Waals surface area contributed by atoms with E-state index in [-0.39, 0.29) is 22.7 Å². The minimum Gasteiger partial charge on any atom is -0.454 e. The number of ether oxygens (including phenoxy) is 1. The lowest BCUT2D eigenvalue weighted by atomic mass is 10.1. The quantitative estimate of drug-likeness (QED) is 0.439. The molecule has 1 fully saturated rings. The number of Topliss-reactive ketones (excluding diaryl/α,β-unsaturated/α-hetero) is 1. The van der Waals surface area contributed by atoms with E-state index in [4.69, 9.17) is 4.74 Å². The fourth-order valence-corrected chi connectivity index (χ4v) is 3.02. The van der Waals surface area contributed by atoms with Crippen LogP contribution in [0.25, 0.3) is 6.08 Å². The van der Waals surface area contributed by atoms with Gasteiger partial charge in [-0.2, -0.15) is 13.2 Å². The van der Waals surface area contributed by atoms with E-state index in [0.29, 0.717) is 13.1 Å². The molecule has 2 aromatic rings. The van der Waals surface area contributed by atoms with Crippen molar-refractivity contribution in [3.8, 4) is 0 Å². The topological polar surface area (TPSA) is 79.5 Å². The third-order valence-electron chi connectivity index (χ3n) is 4.60. The van der Waals surface area contributed by atoms with Gasteiger partial charge in [-0.25, -0.2) is 4.79 Å². The van der Waals surface area contributed by atoms with Crippen molar-refractivity contribution in [1.82, 2.24) is 9.88 Å². The number of benzene rings is 1. The first-order chi connectivity index (χ1) is 14.2. The van der Waals surface area contributed by atoms with Crippen molar-refractivity contribution in [2.75, 3.05) is 19.7 Å². The predicted molar refractivity (Wildman–Crippen MR) is 102 cm³/mol. The number of carbonyl (C=O) groups is 3. The van der Waals surface area contributed by atoms with E-state index in [2.05, 4.69) is 4.98 Å². The third-order valence-corrected chi connectivity index (χ3v) is 4.60. The molecule has 2 heterocycles. The van der Waals surface area contributed by atoms with Crippen molar-refractivity contribution in [1.29, 1.82) is 0 Å². The van der Waals surface area contributed by atoms with E-state index in [0.717, 1.165) is 31.1 Å². The summed E-state index contributed by atoms with van der Waals surface area (Å²) < 4.78 is 42.9. The number of ketones is 1. The molecule has 1 aliphatic rings. The van der Waals surface area contributed by atoms with Crippen LogP contribution < -0.4 is 0 Å². The van der Waals surface area contributed by atoms with Crippen LogP contribution in [0.4, 0.5) is 13.2 Å². The Morgan fingerprint density at radius 3 is 2.57 bits per heavy atom. The molecular formula is C21H19F3N2O4. The van der Waals surface area contributed by atoms with E-state index < -0.39 is 30.1 Å². The minimum absolute atomic E-state index is 0.170. The summed E-state index contributed by atoms with van der Waals surface area (Å²) in [6.45, 7) is 0.800. The number of H-pyrrole nitrogens is 1. The predicted octanol–water partition coefficient (Wildman–Crippen LogP) is 3.71. The summed E-state index contributed by atoms with van der Waals surface area (Å²) >= 11 is 0. The van der Waals surface area contributed by atoms with Gasteiger partial charge < -0.3 is 14.6 Å². The number of amides is 1. The fourth-order valence-electron chi connectivity index (χ4n) is 3.02. The Balaban J connectivity index is 1.53. The number of nitrogens with one attached hydrogen (secondary N) is 1. The second-order valence-corrected chi connectivity index (χ2v) is 6.79. The van der Waals surface area contributed by atoms with Crippen LogP contribution in [0.1, 0.15) is 44.8 Å². The van der Waals surface area contributed by atoms with E-state index in [1.807, 2.05) is 0 Å². The molecule has 0 aliphatic carbocycles. The number of esters is 1. The number of hydrogen-bond acceptors (Lipinski definition) is 4. The maximum absolute atomic E-state index is 12.7. The van der Waals surface area contributed by atoms with Crippen molar-refractivity contribution in [2.45, 2.75) is 19.0 Å². The third kappa shape index (κ3) is 5.37. The smallest absolute Gasteiger partial charge is 0.416 e. The van der Waals surface area contributed by atoms with Crippen LogP contribution >= 0.6 is 0 Å². The number of nitrogens with zero attached hydrogens (tertiary/aromatic N) is 1. The molecule has 0 radical (unpaired) electrons. The Morgan fingerprint density at radius 1 is 1.13 bits per heavy atom. The Labute approximate surface area is 170 Å². The van der Waals surface area contributed by atoms with Gasteiger partial charge in [0.05, 0.1) is 5.56 Å². The summed E-state index contributed by atoms with van der Waals surface area (Å²) in [5.41, 5.74) is -0.174. The standard InChI is InChI=1S/C21H19F3N2O4/c22-21(23,24)16-5-3-4-14(10-16)6-7-19(28)30-13-18(27)15-11-17(25-12-15)20(29)26-8-1-2-9-26/h3-7,10-12,25H,1-2,8-9,13H2/b7-6+. The first-order valence-corrected chi connectivity index (χ1v) is 9.27. The number of aromatic nitrogens is 1. The number of hydrogen-bond donors (Lipinski definition) is 1. The molecule has 1 aromatic heterocycles. The van der Waals surface area contributed by atoms with Gasteiger partial charge in [0.2, 0.25) is 5.78 Å². The Kier molecular flexibility index (Phi) is 6.39. The van der Waals surface area contributed by atoms with Gasteiger partial charge in [-0.3, -0.25) is 9.59 Å². The van der Waals surface area contributed by atoms with Crippen LogP contribution in [0.15, 0.2) is 42.6 Å². The molecule has 30 heavy (non-hydrogen) atoms. The lowest BCUT2D eigenvalue weighted by Gasteiger charge is -2.13. The summed E-state index contributed by atoms with van der Waals surface area (Å²) in [6, 6.07) is 5.87. The first-order valence-electron chi connectivity index (χ1n) is 9.27. The van der Waals surface area contributed by atoms with E-state index in [1.165, 1.54) is 30.5 Å². The zero-order valence-corrected chi connectivity index (χ0v) is 15.9. The minimum atomic E-state index is -4.48. The molecule has 3 rings (SSSR count). The molecule has 1 aromatic carbocycles. The molecule has 1 N–H and O–H groups in total. The molecule has 6 nitrogen and oxygen atoms in total. The zero-order valence-electron chi connectivity index (χ0n) is 15.9. The Hall–Kier alpha value is -3.36. The van der Waals surface area contributed by atoms with Crippen molar-refractivity contribution in [3.63, 3.8) is 0 Å². The first kappa shape index (κ1) is 21.4. The Morgan fingerprint density at radius 2 is 1.87 bits per heavy atom. The molecular weight excluding hydrogens is 401 g/mol. The molecule has 1 saturated heterocycles. The van der Waals surface area contributed by atoms with Crippen LogP contribution in [-0.2, 0) is 15.7 Å². The average molecular weight is 420 g/mol. The van der Waals surface area contributed by atoms with Gasteiger partial charge in [-0.15, -0.1) is 0 Å². The number of carbonyl (C=O) groups excluding carboxylic acids is 3. The van der Waals surface area contributed by atoms with Gasteiger partial charge in [0, 0.05) is 30.9 Å². The number of rotatable bonds is 6. The van der Waals surface area contributed by atoms with Crippen molar-refractivity contribution in [2.24, 2.45) is 0 Å². The summed E-state index contributed by atoms with van der Waals surface area (Å²) in [6.07, 6.45) is 0.901. The lowest BCUT2D eigenvalue weighted by Crippen LogP contribution is -2.27. The highest BCUT2D eigenvalue weighted by Gasteiger charge is 2.30. The van der Waals surface area contributed by atoms with Crippen molar-refractivity contribution < 1.29 is 32.3 Å². The second-order valence-electron chi connectivity index (χ2n) is 6.79. The van der Waals surface area contributed by atoms with Crippen molar-refractivity contribution >= 4 is 23.7 Å². The molecule has 1 aliphatic heterocycles. The summed E-state index contributed by atoms with van der Waals surface area (Å²) in [4.78, 5) is 40.7. The summed E-state index contributed by atoms with van der Waals surface area (Å²) in [5, 5.41) is 0. The molecule has 0 bridgehead atoms. The zero-order chi connectivity index (χ0) is 21.7. The van der Waals surface area contributed by atoms with Gasteiger partial charge in [-0.05, 0) is 42.7 Å². The molecule has 0 atom stereocenters. The Bertz CT molecular complexity index is 973. The molecule has 0 spiro atoms. The maximum atomic E-state index is 12.7. The van der Waals surface area contributed by atoms with Crippen LogP contribution in [0.3, 0.4) is 0 Å². The SMILES string of the molecule is O=C(/C=C/c1cccc(C(F)(F)F)c1)OCC(=O)c1c[nH]c(C(=O)N2CCCC2)c1. The molecule has 9 heteroatoms. The highest BCUT2D eigenvalue weighted by molar-refractivity contribution is 6.01. The largest absolute Gasteiger partial charge is 0.454 e. The van der Waals surface area contributed by atoms with E-state index >= 15 is 0 Å². The van der Waals surface area contributed by atoms with Crippen LogP contribution in [0, 0.1) is 0 Å². The van der Waals surface area contributed by atoms with Gasteiger partial charge in [0.1, 0.15) is 5.69 Å². The highest BCUT2D eigenvalue weighted by atomic mass is 19.4. The van der Waals surface area contributed by atoms with Gasteiger partial charge >= 0.3 is 12.1 Å². The molecule has 0 unspecified atom stereocenters. The highest BCUT2D eigenvalue weighted by Crippen LogP contribution is 2.29. The second kappa shape index (κ2) is 8.98. The van der Waals surface area contributed by atoms with Gasteiger partial charge in [0.25, 0.3) is 5.91 Å². The van der Waals surface area contributed by atoms with E-state index in [1.54, 1.807) is 4.90 Å². The van der Waals surface area contributed by atoms with Crippen LogP contribution in [0.2, 0.25) is 0 Å². The summed E-state index contributed by atoms with van der Waals surface area (Å²) in [5.74, 6) is -1.57. The number of halogens is 3. The number of alkyl halides is 3. The number of aromatic amines is 1. The van der Waals surface area contributed by atoms with Gasteiger partial charge in [-0.1, -0.05) is 12.1 Å². The van der Waals surface area contributed by atoms with Crippen LogP contribution in [0.5, 0.6) is 0 Å². The molecule has 1 amide bonds. The van der Waals surface area contributed by atoms with E-state index in [9.17, 15) is 27.6 Å². The van der Waals surface area contributed by atoms with Crippen LogP contribution in [-0.4, -0.2) is 47.2 Å². The molecule has 0 saturated carbocycles. The monoisotopic (exact) mass is 420 g/mol. The lowest BCUT2D eigenvalue weighted by molar-refractivity contribution is -0.138. The fraction of sp³-hybridized carbons (Fsp3) is 0.286. The molecule has 158 valence electrons. The van der Waals surface area contributed by atoms with Gasteiger partial charge in [0.15, 0.2) is 6.61 Å². The number of likely N-dealkylation sites (tertiary alicyclic amines) is 1. The average Bonchev–Trinajstić information content (AvgIpc) is 3.42.